The van der Waals surface area contributed by atoms with Crippen LogP contribution in [0, 0.1) is 13.8 Å². The van der Waals surface area contributed by atoms with Crippen LogP contribution in [0.15, 0.2) is 35.5 Å². The smallest absolute Gasteiger partial charge is 0.227 e. The number of aromatic nitrogens is 3. The van der Waals surface area contributed by atoms with Crippen LogP contribution in [0.1, 0.15) is 27.9 Å². The zero-order valence-corrected chi connectivity index (χ0v) is 15.7. The van der Waals surface area contributed by atoms with Crippen LogP contribution in [0.4, 0.5) is 0 Å². The Morgan fingerprint density at radius 1 is 1.19 bits per heavy atom. The number of pyridine rings is 1. The molecule has 1 N–H and O–H groups in total. The van der Waals surface area contributed by atoms with Crippen LogP contribution in [0.5, 0.6) is 11.6 Å². The summed E-state index contributed by atoms with van der Waals surface area (Å²) in [6, 6.07) is 8.13. The first-order valence-corrected chi connectivity index (χ1v) is 9.61. The Morgan fingerprint density at radius 3 is 2.77 bits per heavy atom. The van der Waals surface area contributed by atoms with Crippen molar-refractivity contribution in [2.75, 3.05) is 6.26 Å². The van der Waals surface area contributed by atoms with Crippen LogP contribution in [0.25, 0.3) is 11.4 Å². The lowest BCUT2D eigenvalue weighted by molar-refractivity contribution is 0.278. The second-order valence-electron chi connectivity index (χ2n) is 6.32. The summed E-state index contributed by atoms with van der Waals surface area (Å²) in [5.74, 6) is 1.93. The number of aliphatic hydroxyl groups is 1. The number of hydrogen-bond donors (Lipinski definition) is 1. The standard InChI is InChI=1S/C20H19N3O2S/c1-11-5-4-6-13(7-11)18-22-19-16(20(23-18)26-3)8-15-14(10-24)9-21-12(2)17(15)25-19/h4-7,9,24H,8,10H2,1-3H3. The average Bonchev–Trinajstić information content (AvgIpc) is 2.66. The fourth-order valence-corrected chi connectivity index (χ4v) is 3.76. The second-order valence-corrected chi connectivity index (χ2v) is 7.12. The molecule has 5 nitrogen and oxygen atoms in total. The molecule has 0 unspecified atom stereocenters. The van der Waals surface area contributed by atoms with Gasteiger partial charge in [-0.1, -0.05) is 23.8 Å². The van der Waals surface area contributed by atoms with E-state index in [0.29, 0.717) is 23.9 Å². The minimum absolute atomic E-state index is 0.0643. The quantitative estimate of drug-likeness (QED) is 0.436. The van der Waals surface area contributed by atoms with Gasteiger partial charge in [0.2, 0.25) is 5.88 Å². The van der Waals surface area contributed by atoms with Gasteiger partial charge in [0, 0.05) is 29.3 Å². The fourth-order valence-electron chi connectivity index (χ4n) is 3.18. The lowest BCUT2D eigenvalue weighted by atomic mass is 9.99. The van der Waals surface area contributed by atoms with Gasteiger partial charge in [-0.05, 0) is 26.2 Å². The maximum Gasteiger partial charge on any atom is 0.227 e. The molecule has 0 atom stereocenters. The van der Waals surface area contributed by atoms with Gasteiger partial charge in [0.25, 0.3) is 0 Å². The van der Waals surface area contributed by atoms with E-state index in [2.05, 4.69) is 24.0 Å². The van der Waals surface area contributed by atoms with Gasteiger partial charge in [0.15, 0.2) is 11.6 Å². The minimum atomic E-state index is -0.0643. The van der Waals surface area contributed by atoms with Crippen LogP contribution >= 0.6 is 11.8 Å². The summed E-state index contributed by atoms with van der Waals surface area (Å²) in [4.78, 5) is 13.8. The van der Waals surface area contributed by atoms with Gasteiger partial charge in [-0.15, -0.1) is 11.8 Å². The lowest BCUT2D eigenvalue weighted by Crippen LogP contribution is -2.13. The Hall–Kier alpha value is -2.44. The molecule has 26 heavy (non-hydrogen) atoms. The van der Waals surface area contributed by atoms with E-state index >= 15 is 0 Å². The van der Waals surface area contributed by atoms with Crippen LogP contribution in [0.3, 0.4) is 0 Å². The van der Waals surface area contributed by atoms with E-state index in [1.54, 1.807) is 18.0 Å². The highest BCUT2D eigenvalue weighted by molar-refractivity contribution is 7.98. The van der Waals surface area contributed by atoms with Gasteiger partial charge < -0.3 is 9.84 Å². The summed E-state index contributed by atoms with van der Waals surface area (Å²) < 4.78 is 6.15. The second kappa shape index (κ2) is 6.70. The van der Waals surface area contributed by atoms with Crippen molar-refractivity contribution in [1.29, 1.82) is 0 Å². The highest BCUT2D eigenvalue weighted by atomic mass is 32.2. The molecule has 3 aromatic rings. The van der Waals surface area contributed by atoms with E-state index in [4.69, 9.17) is 14.7 Å². The number of benzene rings is 1. The molecule has 1 aromatic carbocycles. The largest absolute Gasteiger partial charge is 0.436 e. The van der Waals surface area contributed by atoms with Crippen molar-refractivity contribution < 1.29 is 9.84 Å². The van der Waals surface area contributed by atoms with Crippen LogP contribution in [0.2, 0.25) is 0 Å². The third kappa shape index (κ3) is 2.85. The topological polar surface area (TPSA) is 68.1 Å². The zero-order chi connectivity index (χ0) is 18.3. The first-order chi connectivity index (χ1) is 12.6. The number of rotatable bonds is 3. The van der Waals surface area contributed by atoms with Gasteiger partial charge in [0.1, 0.15) is 5.03 Å². The molecule has 0 amide bonds. The molecule has 0 saturated carbocycles. The van der Waals surface area contributed by atoms with Crippen LogP contribution in [-0.4, -0.2) is 26.3 Å². The molecule has 1 aliphatic heterocycles. The van der Waals surface area contributed by atoms with Gasteiger partial charge in [-0.3, -0.25) is 4.98 Å². The highest BCUT2D eigenvalue weighted by Crippen LogP contribution is 2.42. The van der Waals surface area contributed by atoms with Crippen molar-refractivity contribution in [2.45, 2.75) is 31.9 Å². The van der Waals surface area contributed by atoms with E-state index in [-0.39, 0.29) is 6.61 Å². The number of ether oxygens (including phenoxy) is 1. The molecule has 4 rings (SSSR count). The summed E-state index contributed by atoms with van der Waals surface area (Å²) in [7, 11) is 0. The van der Waals surface area contributed by atoms with E-state index in [1.165, 1.54) is 0 Å². The van der Waals surface area contributed by atoms with E-state index in [9.17, 15) is 5.11 Å². The summed E-state index contributed by atoms with van der Waals surface area (Å²) >= 11 is 1.58. The van der Waals surface area contributed by atoms with E-state index < -0.39 is 0 Å². The Balaban J connectivity index is 1.86. The zero-order valence-electron chi connectivity index (χ0n) is 14.9. The molecule has 0 aliphatic carbocycles. The first-order valence-electron chi connectivity index (χ1n) is 8.38. The predicted octanol–water partition coefficient (Wildman–Crippen LogP) is 4.07. The van der Waals surface area contributed by atoms with Crippen molar-refractivity contribution >= 4 is 11.8 Å². The molecule has 2 aromatic heterocycles. The SMILES string of the molecule is CSc1nc(-c2cccc(C)c2)nc2c1Cc1c(CO)cnc(C)c1O2. The molecule has 132 valence electrons. The van der Waals surface area contributed by atoms with E-state index in [0.717, 1.165) is 38.5 Å². The molecule has 1 aliphatic rings. The number of thioether (sulfide) groups is 1. The van der Waals surface area contributed by atoms with Gasteiger partial charge in [-0.2, -0.15) is 4.98 Å². The first kappa shape index (κ1) is 17.0. The van der Waals surface area contributed by atoms with Gasteiger partial charge >= 0.3 is 0 Å². The monoisotopic (exact) mass is 365 g/mol. The van der Waals surface area contributed by atoms with Crippen molar-refractivity contribution in [3.63, 3.8) is 0 Å². The maximum atomic E-state index is 9.65. The normalized spacial score (nSPS) is 12.3. The summed E-state index contributed by atoms with van der Waals surface area (Å²) in [6.07, 6.45) is 4.35. The molecule has 0 bridgehead atoms. The molecule has 0 fully saturated rings. The molecule has 3 heterocycles. The molecular weight excluding hydrogens is 346 g/mol. The number of hydrogen-bond acceptors (Lipinski definition) is 6. The Labute approximate surface area is 156 Å². The Kier molecular flexibility index (Phi) is 4.38. The van der Waals surface area contributed by atoms with Crippen molar-refractivity contribution in [1.82, 2.24) is 15.0 Å². The summed E-state index contributed by atoms with van der Waals surface area (Å²) in [6.45, 7) is 3.89. The fraction of sp³-hybridized carbons (Fsp3) is 0.250. The Bertz CT molecular complexity index is 1000. The van der Waals surface area contributed by atoms with Crippen LogP contribution < -0.4 is 4.74 Å². The molecule has 0 radical (unpaired) electrons. The van der Waals surface area contributed by atoms with Crippen molar-refractivity contribution in [3.8, 4) is 23.0 Å². The summed E-state index contributed by atoms with van der Waals surface area (Å²) in [5, 5.41) is 10.5. The van der Waals surface area contributed by atoms with Gasteiger partial charge in [-0.25, -0.2) is 4.98 Å². The van der Waals surface area contributed by atoms with E-state index in [1.807, 2.05) is 25.3 Å². The minimum Gasteiger partial charge on any atom is -0.436 e. The molecule has 0 saturated heterocycles. The third-order valence-corrected chi connectivity index (χ3v) is 5.25. The number of aliphatic hydroxyl groups excluding tert-OH is 1. The number of fused-ring (bicyclic) bond motifs is 2. The maximum absolute atomic E-state index is 9.65. The number of nitrogens with zero attached hydrogens (tertiary/aromatic N) is 3. The number of aryl methyl sites for hydroxylation is 2. The Morgan fingerprint density at radius 2 is 2.04 bits per heavy atom. The van der Waals surface area contributed by atoms with Crippen molar-refractivity contribution in [3.05, 3.63) is 58.4 Å². The van der Waals surface area contributed by atoms with Gasteiger partial charge in [0.05, 0.1) is 17.9 Å². The molecule has 6 heteroatoms. The van der Waals surface area contributed by atoms with Crippen LogP contribution in [-0.2, 0) is 13.0 Å². The van der Waals surface area contributed by atoms with Crippen molar-refractivity contribution in [2.24, 2.45) is 0 Å². The summed E-state index contributed by atoms with van der Waals surface area (Å²) in [5.41, 5.74) is 5.64. The lowest BCUT2D eigenvalue weighted by Gasteiger charge is -2.24. The third-order valence-electron chi connectivity index (χ3n) is 4.53. The average molecular weight is 365 g/mol. The predicted molar refractivity (Wildman–Crippen MR) is 102 cm³/mol. The molecule has 0 spiro atoms. The molecular formula is C20H19N3O2S. The highest BCUT2D eigenvalue weighted by Gasteiger charge is 2.27.